The molecule has 0 atom stereocenters. The second-order valence-electron chi connectivity index (χ2n) is 9.35. The fourth-order valence-corrected chi connectivity index (χ4v) is 6.48. The largest absolute Gasteiger partial charge is 0.477 e. The predicted octanol–water partition coefficient (Wildman–Crippen LogP) is 2.68. The van der Waals surface area contributed by atoms with E-state index in [0.717, 1.165) is 86.2 Å². The van der Waals surface area contributed by atoms with Crippen molar-refractivity contribution in [2.75, 3.05) is 75.8 Å². The number of thiophene rings is 1. The molecule has 0 aromatic carbocycles. The van der Waals surface area contributed by atoms with Crippen LogP contribution in [0.15, 0.2) is 0 Å². The molecule has 0 saturated carbocycles. The van der Waals surface area contributed by atoms with Gasteiger partial charge in [-0.15, -0.1) is 11.3 Å². The summed E-state index contributed by atoms with van der Waals surface area (Å²) in [6.45, 7) is 10.7. The van der Waals surface area contributed by atoms with Gasteiger partial charge in [0.25, 0.3) is 0 Å². The van der Waals surface area contributed by atoms with E-state index in [9.17, 15) is 0 Å². The molecule has 1 aliphatic carbocycles. The van der Waals surface area contributed by atoms with Gasteiger partial charge in [0.2, 0.25) is 11.8 Å². The molecule has 9 heteroatoms. The van der Waals surface area contributed by atoms with Crippen LogP contribution in [0.2, 0.25) is 0 Å². The van der Waals surface area contributed by atoms with Crippen LogP contribution in [0.1, 0.15) is 30.9 Å². The molecule has 0 spiro atoms. The van der Waals surface area contributed by atoms with E-state index in [-0.39, 0.29) is 0 Å². The van der Waals surface area contributed by atoms with Gasteiger partial charge in [0.1, 0.15) is 20.9 Å². The van der Waals surface area contributed by atoms with Crippen LogP contribution in [0.25, 0.3) is 20.4 Å². The Morgan fingerprint density at radius 1 is 0.909 bits per heavy atom. The van der Waals surface area contributed by atoms with E-state index < -0.39 is 0 Å². The maximum Gasteiger partial charge on any atom is 0.236 e. The van der Waals surface area contributed by atoms with E-state index in [1.54, 1.807) is 11.3 Å². The third-order valence-corrected chi connectivity index (χ3v) is 8.26. The SMILES string of the molecule is CCOc1nc(N2CCNCC2)nc2c1sc1nc(N3CCN(C)CC3)c3c(c12)CCCC3. The molecule has 33 heavy (non-hydrogen) atoms. The van der Waals surface area contributed by atoms with Gasteiger partial charge in [-0.05, 0) is 50.8 Å². The summed E-state index contributed by atoms with van der Waals surface area (Å²) in [7, 11) is 2.21. The normalized spacial score (nSPS) is 19.9. The molecule has 3 aromatic heterocycles. The molecular weight excluding hydrogens is 434 g/mol. The Morgan fingerprint density at radius 2 is 1.67 bits per heavy atom. The lowest BCUT2D eigenvalue weighted by molar-refractivity contribution is 0.312. The highest BCUT2D eigenvalue weighted by molar-refractivity contribution is 7.25. The van der Waals surface area contributed by atoms with Crippen molar-refractivity contribution in [3.8, 4) is 5.88 Å². The standard InChI is InChI=1S/C24H33N7OS/c1-3-32-22-20-19(26-24(28-22)31-10-8-25-9-11-31)18-16-6-4-5-7-17(16)21(27-23(18)33-20)30-14-12-29(2)13-15-30/h25H,3-15H2,1-2H3. The zero-order chi connectivity index (χ0) is 22.4. The number of pyridine rings is 1. The van der Waals surface area contributed by atoms with Crippen molar-refractivity contribution in [3.63, 3.8) is 0 Å². The van der Waals surface area contributed by atoms with E-state index in [2.05, 4.69) is 27.1 Å². The zero-order valence-electron chi connectivity index (χ0n) is 19.7. The minimum absolute atomic E-state index is 0.597. The summed E-state index contributed by atoms with van der Waals surface area (Å²) in [6.07, 6.45) is 4.71. The van der Waals surface area contributed by atoms with Gasteiger partial charge in [-0.2, -0.15) is 4.98 Å². The highest BCUT2D eigenvalue weighted by Gasteiger charge is 2.28. The number of rotatable bonds is 4. The Balaban J connectivity index is 1.55. The van der Waals surface area contributed by atoms with Gasteiger partial charge in [-0.1, -0.05) is 0 Å². The first-order chi connectivity index (χ1) is 16.2. The first-order valence-electron chi connectivity index (χ1n) is 12.4. The van der Waals surface area contributed by atoms with Crippen molar-refractivity contribution in [2.45, 2.75) is 32.6 Å². The van der Waals surface area contributed by atoms with Crippen molar-refractivity contribution >= 4 is 43.5 Å². The molecule has 5 heterocycles. The van der Waals surface area contributed by atoms with Crippen LogP contribution in [0.4, 0.5) is 11.8 Å². The number of fused-ring (bicyclic) bond motifs is 5. The molecule has 2 saturated heterocycles. The number of anilines is 2. The Kier molecular flexibility index (Phi) is 5.72. The van der Waals surface area contributed by atoms with Gasteiger partial charge >= 0.3 is 0 Å². The molecule has 176 valence electrons. The number of nitrogens with one attached hydrogen (secondary N) is 1. The smallest absolute Gasteiger partial charge is 0.236 e. The summed E-state index contributed by atoms with van der Waals surface area (Å²) < 4.78 is 7.10. The van der Waals surface area contributed by atoms with Crippen molar-refractivity contribution in [1.82, 2.24) is 25.2 Å². The Hall–Kier alpha value is -2.23. The molecule has 6 rings (SSSR count). The minimum Gasteiger partial charge on any atom is -0.477 e. The van der Waals surface area contributed by atoms with Gasteiger partial charge in [0, 0.05) is 57.7 Å². The van der Waals surface area contributed by atoms with E-state index in [0.29, 0.717) is 12.5 Å². The van der Waals surface area contributed by atoms with Crippen molar-refractivity contribution in [1.29, 1.82) is 0 Å². The van der Waals surface area contributed by atoms with Crippen molar-refractivity contribution in [2.24, 2.45) is 0 Å². The van der Waals surface area contributed by atoms with Gasteiger partial charge in [0.05, 0.1) is 6.61 Å². The highest BCUT2D eigenvalue weighted by Crippen LogP contribution is 2.44. The fraction of sp³-hybridized carbons (Fsp3) is 0.625. The second kappa shape index (κ2) is 8.85. The van der Waals surface area contributed by atoms with Crippen LogP contribution in [0.5, 0.6) is 5.88 Å². The molecule has 2 aliphatic heterocycles. The van der Waals surface area contributed by atoms with Gasteiger partial charge in [-0.25, -0.2) is 9.97 Å². The van der Waals surface area contributed by atoms with Gasteiger partial charge < -0.3 is 24.8 Å². The molecule has 0 bridgehead atoms. The van der Waals surface area contributed by atoms with Crippen LogP contribution in [-0.4, -0.2) is 85.9 Å². The summed E-state index contributed by atoms with van der Waals surface area (Å²) >= 11 is 1.71. The summed E-state index contributed by atoms with van der Waals surface area (Å²) in [5.74, 6) is 2.72. The van der Waals surface area contributed by atoms with Crippen LogP contribution < -0.4 is 19.9 Å². The third-order valence-electron chi connectivity index (χ3n) is 7.20. The monoisotopic (exact) mass is 467 g/mol. The molecule has 3 aromatic rings. The van der Waals surface area contributed by atoms with Crippen LogP contribution >= 0.6 is 11.3 Å². The number of aromatic nitrogens is 3. The number of aryl methyl sites for hydroxylation is 1. The topological polar surface area (TPSA) is 69.6 Å². The highest BCUT2D eigenvalue weighted by atomic mass is 32.1. The number of hydrogen-bond acceptors (Lipinski definition) is 9. The van der Waals surface area contributed by atoms with Gasteiger partial charge in [0.15, 0.2) is 0 Å². The first-order valence-corrected chi connectivity index (χ1v) is 13.2. The summed E-state index contributed by atoms with van der Waals surface area (Å²) in [5, 5.41) is 4.68. The molecule has 1 N–H and O–H groups in total. The first kappa shape index (κ1) is 21.3. The molecule has 3 aliphatic rings. The fourth-order valence-electron chi connectivity index (χ4n) is 5.39. The lowest BCUT2D eigenvalue weighted by atomic mass is 9.90. The zero-order valence-corrected chi connectivity index (χ0v) is 20.5. The molecule has 0 amide bonds. The summed E-state index contributed by atoms with van der Waals surface area (Å²) in [4.78, 5) is 23.6. The van der Waals surface area contributed by atoms with Crippen LogP contribution in [0.3, 0.4) is 0 Å². The number of likely N-dealkylation sites (N-methyl/N-ethyl adjacent to an activating group) is 1. The van der Waals surface area contributed by atoms with E-state index >= 15 is 0 Å². The summed E-state index contributed by atoms with van der Waals surface area (Å²) in [6, 6.07) is 0. The van der Waals surface area contributed by atoms with Crippen molar-refractivity contribution in [3.05, 3.63) is 11.1 Å². The Morgan fingerprint density at radius 3 is 2.42 bits per heavy atom. The van der Waals surface area contributed by atoms with Crippen molar-refractivity contribution < 1.29 is 4.74 Å². The van der Waals surface area contributed by atoms with Crippen LogP contribution in [0, 0.1) is 0 Å². The third kappa shape index (κ3) is 3.80. The van der Waals surface area contributed by atoms with Crippen LogP contribution in [-0.2, 0) is 12.8 Å². The average Bonchev–Trinajstić information content (AvgIpc) is 3.24. The average molecular weight is 468 g/mol. The minimum atomic E-state index is 0.597. The van der Waals surface area contributed by atoms with E-state index in [4.69, 9.17) is 19.7 Å². The molecule has 0 radical (unpaired) electrons. The number of piperazine rings is 2. The molecule has 8 nitrogen and oxygen atoms in total. The number of ether oxygens (including phenoxy) is 1. The quantitative estimate of drug-likeness (QED) is 0.628. The second-order valence-corrected chi connectivity index (χ2v) is 10.3. The molecule has 2 fully saturated rings. The van der Waals surface area contributed by atoms with Gasteiger partial charge in [-0.3, -0.25) is 0 Å². The number of nitrogens with zero attached hydrogens (tertiary/aromatic N) is 6. The number of hydrogen-bond donors (Lipinski definition) is 1. The Labute approximate surface area is 198 Å². The lowest BCUT2D eigenvalue weighted by Gasteiger charge is -2.35. The van der Waals surface area contributed by atoms with E-state index in [1.807, 2.05) is 6.92 Å². The Bertz CT molecular complexity index is 1170. The lowest BCUT2D eigenvalue weighted by Crippen LogP contribution is -2.45. The predicted molar refractivity (Wildman–Crippen MR) is 135 cm³/mol. The molecule has 0 unspecified atom stereocenters. The maximum atomic E-state index is 6.06. The summed E-state index contributed by atoms with van der Waals surface area (Å²) in [5.41, 5.74) is 3.97. The molecular formula is C24H33N7OS. The van der Waals surface area contributed by atoms with E-state index in [1.165, 1.54) is 35.2 Å². The maximum absolute atomic E-state index is 6.06.